The molecule has 0 bridgehead atoms. The predicted octanol–water partition coefficient (Wildman–Crippen LogP) is 3.03. The molecule has 0 radical (unpaired) electrons. The third kappa shape index (κ3) is 5.18. The first-order valence-electron chi connectivity index (χ1n) is 7.78. The van der Waals surface area contributed by atoms with E-state index in [9.17, 15) is 4.79 Å². The number of amides is 1. The van der Waals surface area contributed by atoms with Gasteiger partial charge in [0.05, 0.1) is 12.1 Å². The van der Waals surface area contributed by atoms with Gasteiger partial charge in [-0.1, -0.05) is 38.8 Å². The van der Waals surface area contributed by atoms with Gasteiger partial charge in [-0.2, -0.15) is 0 Å². The molecular formula is C17H27ClN2O2. The van der Waals surface area contributed by atoms with Crippen LogP contribution in [0, 0.1) is 5.92 Å². The van der Waals surface area contributed by atoms with E-state index < -0.39 is 5.54 Å². The lowest BCUT2D eigenvalue weighted by Gasteiger charge is -2.22. The Labute approximate surface area is 139 Å². The second-order valence-electron chi connectivity index (χ2n) is 6.40. The van der Waals surface area contributed by atoms with Crippen LogP contribution < -0.4 is 15.8 Å². The SMILES string of the molecule is CC(C)COc1cccc(CNC(=O)C2(N)CCCC2)c1.Cl. The molecule has 1 aromatic carbocycles. The molecule has 0 atom stereocenters. The number of nitrogens with one attached hydrogen (secondary N) is 1. The fourth-order valence-electron chi connectivity index (χ4n) is 2.60. The minimum atomic E-state index is -0.661. The summed E-state index contributed by atoms with van der Waals surface area (Å²) in [5, 5.41) is 2.95. The van der Waals surface area contributed by atoms with Crippen molar-refractivity contribution in [1.82, 2.24) is 5.32 Å². The molecule has 5 heteroatoms. The van der Waals surface area contributed by atoms with Crippen molar-refractivity contribution in [2.75, 3.05) is 6.61 Å². The number of rotatable bonds is 6. The van der Waals surface area contributed by atoms with Gasteiger partial charge in [-0.25, -0.2) is 0 Å². The first-order chi connectivity index (χ1) is 9.99. The maximum absolute atomic E-state index is 12.2. The summed E-state index contributed by atoms with van der Waals surface area (Å²) in [5.41, 5.74) is 6.51. The van der Waals surface area contributed by atoms with Crippen molar-refractivity contribution in [3.8, 4) is 5.75 Å². The molecular weight excluding hydrogens is 300 g/mol. The Morgan fingerprint density at radius 1 is 1.36 bits per heavy atom. The van der Waals surface area contributed by atoms with Crippen molar-refractivity contribution in [2.45, 2.75) is 51.6 Å². The molecule has 1 aromatic rings. The van der Waals surface area contributed by atoms with Crippen molar-refractivity contribution in [3.05, 3.63) is 29.8 Å². The van der Waals surface area contributed by atoms with Crippen LogP contribution in [0.3, 0.4) is 0 Å². The molecule has 0 aromatic heterocycles. The van der Waals surface area contributed by atoms with Gasteiger partial charge in [0.1, 0.15) is 5.75 Å². The lowest BCUT2D eigenvalue weighted by atomic mass is 9.98. The molecule has 3 N–H and O–H groups in total. The zero-order valence-corrected chi connectivity index (χ0v) is 14.2. The van der Waals surface area contributed by atoms with E-state index in [4.69, 9.17) is 10.5 Å². The minimum Gasteiger partial charge on any atom is -0.493 e. The summed E-state index contributed by atoms with van der Waals surface area (Å²) >= 11 is 0. The number of ether oxygens (including phenoxy) is 1. The van der Waals surface area contributed by atoms with Crippen molar-refractivity contribution in [1.29, 1.82) is 0 Å². The normalized spacial score (nSPS) is 16.2. The number of hydrogen-bond donors (Lipinski definition) is 2. The second kappa shape index (κ2) is 8.39. The number of carbonyl (C=O) groups is 1. The molecule has 4 nitrogen and oxygen atoms in total. The molecule has 2 rings (SSSR count). The third-order valence-electron chi connectivity index (χ3n) is 3.88. The maximum atomic E-state index is 12.2. The predicted molar refractivity (Wildman–Crippen MR) is 91.3 cm³/mol. The number of carbonyl (C=O) groups excluding carboxylic acids is 1. The Morgan fingerprint density at radius 3 is 2.68 bits per heavy atom. The number of nitrogens with two attached hydrogens (primary N) is 1. The van der Waals surface area contributed by atoms with E-state index >= 15 is 0 Å². The first kappa shape index (κ1) is 18.8. The molecule has 22 heavy (non-hydrogen) atoms. The van der Waals surface area contributed by atoms with Crippen molar-refractivity contribution >= 4 is 18.3 Å². The first-order valence-corrected chi connectivity index (χ1v) is 7.78. The van der Waals surface area contributed by atoms with Gasteiger partial charge in [-0.05, 0) is 36.5 Å². The van der Waals surface area contributed by atoms with Crippen molar-refractivity contribution in [2.24, 2.45) is 11.7 Å². The average Bonchev–Trinajstić information content (AvgIpc) is 2.91. The van der Waals surface area contributed by atoms with Crippen LogP contribution in [0.15, 0.2) is 24.3 Å². The third-order valence-corrected chi connectivity index (χ3v) is 3.88. The molecule has 1 aliphatic carbocycles. The summed E-state index contributed by atoms with van der Waals surface area (Å²) in [5.74, 6) is 1.31. The summed E-state index contributed by atoms with van der Waals surface area (Å²) in [4.78, 5) is 12.2. The topological polar surface area (TPSA) is 64.3 Å². The zero-order valence-electron chi connectivity index (χ0n) is 13.4. The summed E-state index contributed by atoms with van der Waals surface area (Å²) in [7, 11) is 0. The Morgan fingerprint density at radius 2 is 2.05 bits per heavy atom. The molecule has 1 fully saturated rings. The van der Waals surface area contributed by atoms with E-state index in [1.807, 2.05) is 24.3 Å². The second-order valence-corrected chi connectivity index (χ2v) is 6.40. The highest BCUT2D eigenvalue weighted by molar-refractivity contribution is 5.86. The molecule has 1 amide bonds. The highest BCUT2D eigenvalue weighted by Gasteiger charge is 2.36. The Hall–Kier alpha value is -1.26. The minimum absolute atomic E-state index is 0. The molecule has 0 spiro atoms. The van der Waals surface area contributed by atoms with Crippen LogP contribution in [0.1, 0.15) is 45.1 Å². The Kier molecular flexibility index (Phi) is 7.17. The van der Waals surface area contributed by atoms with Gasteiger partial charge < -0.3 is 15.8 Å². The van der Waals surface area contributed by atoms with Crippen LogP contribution in [-0.4, -0.2) is 18.1 Å². The highest BCUT2D eigenvalue weighted by Crippen LogP contribution is 2.27. The molecule has 1 aliphatic rings. The number of hydrogen-bond acceptors (Lipinski definition) is 3. The van der Waals surface area contributed by atoms with E-state index in [2.05, 4.69) is 19.2 Å². The summed E-state index contributed by atoms with van der Waals surface area (Å²) in [6, 6.07) is 7.85. The van der Waals surface area contributed by atoms with Gasteiger partial charge in [0.2, 0.25) is 5.91 Å². The average molecular weight is 327 g/mol. The number of benzene rings is 1. The van der Waals surface area contributed by atoms with E-state index in [1.165, 1.54) is 0 Å². The molecule has 0 saturated heterocycles. The summed E-state index contributed by atoms with van der Waals surface area (Å²) in [6.07, 6.45) is 3.66. The largest absolute Gasteiger partial charge is 0.493 e. The fraction of sp³-hybridized carbons (Fsp3) is 0.588. The Bertz CT molecular complexity index is 485. The van der Waals surface area contributed by atoms with E-state index in [0.29, 0.717) is 19.1 Å². The van der Waals surface area contributed by atoms with Crippen LogP contribution in [-0.2, 0) is 11.3 Å². The van der Waals surface area contributed by atoms with Gasteiger partial charge >= 0.3 is 0 Å². The summed E-state index contributed by atoms with van der Waals surface area (Å²) in [6.45, 7) is 5.43. The van der Waals surface area contributed by atoms with Crippen LogP contribution in [0.25, 0.3) is 0 Å². The Balaban J connectivity index is 0.00000242. The van der Waals surface area contributed by atoms with Crippen molar-refractivity contribution < 1.29 is 9.53 Å². The summed E-state index contributed by atoms with van der Waals surface area (Å²) < 4.78 is 5.70. The van der Waals surface area contributed by atoms with Gasteiger partial charge in [-0.15, -0.1) is 12.4 Å². The van der Waals surface area contributed by atoms with Gasteiger partial charge in [0, 0.05) is 6.54 Å². The molecule has 0 heterocycles. The quantitative estimate of drug-likeness (QED) is 0.844. The molecule has 124 valence electrons. The van der Waals surface area contributed by atoms with Crippen LogP contribution in [0.5, 0.6) is 5.75 Å². The smallest absolute Gasteiger partial charge is 0.240 e. The highest BCUT2D eigenvalue weighted by atomic mass is 35.5. The zero-order chi connectivity index (χ0) is 15.3. The van der Waals surface area contributed by atoms with Crippen molar-refractivity contribution in [3.63, 3.8) is 0 Å². The molecule has 0 unspecified atom stereocenters. The lowest BCUT2D eigenvalue weighted by molar-refractivity contribution is -0.126. The standard InChI is InChI=1S/C17H26N2O2.ClH/c1-13(2)12-21-15-7-5-6-14(10-15)11-19-16(20)17(18)8-3-4-9-17;/h5-7,10,13H,3-4,8-9,11-12,18H2,1-2H3,(H,19,20);1H. The van der Waals surface area contributed by atoms with E-state index in [0.717, 1.165) is 37.0 Å². The maximum Gasteiger partial charge on any atom is 0.240 e. The van der Waals surface area contributed by atoms with Crippen LogP contribution >= 0.6 is 12.4 Å². The van der Waals surface area contributed by atoms with Gasteiger partial charge in [-0.3, -0.25) is 4.79 Å². The number of halogens is 1. The monoisotopic (exact) mass is 326 g/mol. The van der Waals surface area contributed by atoms with Gasteiger partial charge in [0.15, 0.2) is 0 Å². The fourth-order valence-corrected chi connectivity index (χ4v) is 2.60. The molecule has 0 aliphatic heterocycles. The van der Waals surface area contributed by atoms with Crippen LogP contribution in [0.4, 0.5) is 0 Å². The van der Waals surface area contributed by atoms with E-state index in [1.54, 1.807) is 0 Å². The van der Waals surface area contributed by atoms with E-state index in [-0.39, 0.29) is 18.3 Å². The lowest BCUT2D eigenvalue weighted by Crippen LogP contribution is -2.51. The molecule has 1 saturated carbocycles. The van der Waals surface area contributed by atoms with Gasteiger partial charge in [0.25, 0.3) is 0 Å². The van der Waals surface area contributed by atoms with Crippen LogP contribution in [0.2, 0.25) is 0 Å².